The third-order valence-corrected chi connectivity index (χ3v) is 5.97. The number of aliphatic hydroxyl groups excluding tert-OH is 1. The molecule has 3 aromatic rings. The zero-order valence-corrected chi connectivity index (χ0v) is 20.3. The van der Waals surface area contributed by atoms with Gasteiger partial charge in [-0.3, -0.25) is 9.59 Å². The smallest absolute Gasteiger partial charge is 0.295 e. The van der Waals surface area contributed by atoms with E-state index < -0.39 is 17.7 Å². The number of ether oxygens (including phenoxy) is 4. The second-order valence-corrected chi connectivity index (χ2v) is 7.99. The zero-order valence-electron chi connectivity index (χ0n) is 20.3. The normalized spacial score (nSPS) is 16.6. The fraction of sp³-hybridized carbons (Fsp3) is 0.214. The molecule has 1 aliphatic rings. The molecule has 0 spiro atoms. The molecule has 1 unspecified atom stereocenters. The average Bonchev–Trinajstić information content (AvgIpc) is 3.18. The average molecular weight is 490 g/mol. The monoisotopic (exact) mass is 489 g/mol. The van der Waals surface area contributed by atoms with Crippen LogP contribution in [0.15, 0.2) is 78.4 Å². The summed E-state index contributed by atoms with van der Waals surface area (Å²) in [5.74, 6) is 0.422. The Morgan fingerprint density at radius 3 is 2.22 bits per heavy atom. The molecule has 4 rings (SSSR count). The van der Waals surface area contributed by atoms with Crippen LogP contribution in [0.5, 0.6) is 23.0 Å². The highest BCUT2D eigenvalue weighted by molar-refractivity contribution is 6.46. The molecule has 1 atom stereocenters. The number of likely N-dealkylation sites (tertiary alicyclic amines) is 1. The van der Waals surface area contributed by atoms with Crippen LogP contribution in [0.25, 0.3) is 5.76 Å². The van der Waals surface area contributed by atoms with E-state index in [4.69, 9.17) is 18.9 Å². The topological polar surface area (TPSA) is 94.5 Å². The molecule has 186 valence electrons. The number of ketones is 1. The van der Waals surface area contributed by atoms with Gasteiger partial charge in [0.2, 0.25) is 0 Å². The van der Waals surface area contributed by atoms with Crippen LogP contribution in [0.1, 0.15) is 17.2 Å². The minimum Gasteiger partial charge on any atom is -0.507 e. The van der Waals surface area contributed by atoms with E-state index in [0.717, 1.165) is 0 Å². The maximum atomic E-state index is 13.2. The number of para-hydroxylation sites is 1. The van der Waals surface area contributed by atoms with E-state index in [0.29, 0.717) is 34.1 Å². The van der Waals surface area contributed by atoms with E-state index in [1.165, 1.54) is 19.1 Å². The van der Waals surface area contributed by atoms with E-state index in [1.807, 2.05) is 0 Å². The van der Waals surface area contributed by atoms with Gasteiger partial charge in [0, 0.05) is 0 Å². The van der Waals surface area contributed by atoms with Gasteiger partial charge in [0.1, 0.15) is 35.4 Å². The predicted octanol–water partition coefficient (Wildman–Crippen LogP) is 4.21. The Bertz CT molecular complexity index is 1280. The maximum absolute atomic E-state index is 13.2. The zero-order chi connectivity index (χ0) is 25.7. The second kappa shape index (κ2) is 10.9. The van der Waals surface area contributed by atoms with Crippen LogP contribution in [0.4, 0.5) is 0 Å². The Morgan fingerprint density at radius 1 is 0.833 bits per heavy atom. The van der Waals surface area contributed by atoms with Crippen molar-refractivity contribution >= 4 is 17.4 Å². The summed E-state index contributed by atoms with van der Waals surface area (Å²) in [6.07, 6.45) is 0. The summed E-state index contributed by atoms with van der Waals surface area (Å²) in [5.41, 5.74) is 0.914. The van der Waals surface area contributed by atoms with Gasteiger partial charge in [0.25, 0.3) is 11.7 Å². The Hall–Kier alpha value is -4.46. The number of aliphatic hydroxyl groups is 1. The van der Waals surface area contributed by atoms with Crippen LogP contribution in [0, 0.1) is 0 Å². The van der Waals surface area contributed by atoms with Gasteiger partial charge in [0.05, 0.1) is 45.1 Å². The minimum atomic E-state index is -0.843. The van der Waals surface area contributed by atoms with Crippen LogP contribution < -0.4 is 18.9 Å². The van der Waals surface area contributed by atoms with Crippen molar-refractivity contribution in [3.05, 3.63) is 89.5 Å². The number of hydrogen-bond donors (Lipinski definition) is 1. The summed E-state index contributed by atoms with van der Waals surface area (Å²) in [6.45, 7) is 0.246. The lowest BCUT2D eigenvalue weighted by Crippen LogP contribution is -2.33. The van der Waals surface area contributed by atoms with Gasteiger partial charge in [-0.05, 0) is 54.1 Å². The number of benzene rings is 3. The number of amides is 1. The van der Waals surface area contributed by atoms with Gasteiger partial charge in [-0.1, -0.05) is 24.3 Å². The van der Waals surface area contributed by atoms with Crippen molar-refractivity contribution in [1.29, 1.82) is 0 Å². The molecule has 1 amide bonds. The Morgan fingerprint density at radius 2 is 1.53 bits per heavy atom. The predicted molar refractivity (Wildman–Crippen MR) is 133 cm³/mol. The molecule has 0 bridgehead atoms. The Labute approximate surface area is 209 Å². The first-order valence-corrected chi connectivity index (χ1v) is 11.3. The molecule has 1 heterocycles. The van der Waals surface area contributed by atoms with E-state index in [-0.39, 0.29) is 24.5 Å². The van der Waals surface area contributed by atoms with Crippen molar-refractivity contribution in [1.82, 2.24) is 4.90 Å². The van der Waals surface area contributed by atoms with Gasteiger partial charge in [-0.15, -0.1) is 0 Å². The van der Waals surface area contributed by atoms with E-state index >= 15 is 0 Å². The van der Waals surface area contributed by atoms with Crippen LogP contribution in [0.3, 0.4) is 0 Å². The quantitative estimate of drug-likeness (QED) is 0.273. The van der Waals surface area contributed by atoms with Crippen molar-refractivity contribution in [2.24, 2.45) is 0 Å². The number of methoxy groups -OCH3 is 3. The molecular formula is C28H27NO7. The first-order chi connectivity index (χ1) is 17.5. The molecule has 3 aromatic carbocycles. The molecule has 1 aliphatic heterocycles. The molecule has 0 radical (unpaired) electrons. The van der Waals surface area contributed by atoms with Gasteiger partial charge >= 0.3 is 0 Å². The van der Waals surface area contributed by atoms with Gasteiger partial charge < -0.3 is 29.0 Å². The summed E-state index contributed by atoms with van der Waals surface area (Å²) >= 11 is 0. The third kappa shape index (κ3) is 4.84. The fourth-order valence-electron chi connectivity index (χ4n) is 4.19. The van der Waals surface area contributed by atoms with E-state index in [9.17, 15) is 14.7 Å². The summed E-state index contributed by atoms with van der Waals surface area (Å²) in [7, 11) is 4.59. The van der Waals surface area contributed by atoms with E-state index in [2.05, 4.69) is 0 Å². The molecule has 0 aromatic heterocycles. The van der Waals surface area contributed by atoms with Crippen LogP contribution in [-0.4, -0.2) is 56.2 Å². The highest BCUT2D eigenvalue weighted by Gasteiger charge is 2.46. The summed E-state index contributed by atoms with van der Waals surface area (Å²) < 4.78 is 21.7. The summed E-state index contributed by atoms with van der Waals surface area (Å²) in [6, 6.07) is 20.1. The van der Waals surface area contributed by atoms with E-state index in [1.54, 1.807) is 79.9 Å². The first kappa shape index (κ1) is 24.7. The number of carbonyl (C=O) groups excluding carboxylic acids is 2. The van der Waals surface area contributed by atoms with Crippen molar-refractivity contribution in [3.8, 4) is 23.0 Å². The molecule has 8 heteroatoms. The molecule has 1 N–H and O–H groups in total. The SMILES string of the molecule is COc1ccc(OCCN2C(=O)C(=O)/C(=C(\O)c3ccccc3OC)C2c2cccc(OC)c2)cc1. The molecule has 36 heavy (non-hydrogen) atoms. The molecule has 1 fully saturated rings. The lowest BCUT2D eigenvalue weighted by Gasteiger charge is -2.25. The van der Waals surface area contributed by atoms with Crippen molar-refractivity contribution in [2.45, 2.75) is 6.04 Å². The summed E-state index contributed by atoms with van der Waals surface area (Å²) in [4.78, 5) is 27.8. The minimum absolute atomic E-state index is 0.0257. The lowest BCUT2D eigenvalue weighted by atomic mass is 9.95. The molecule has 1 saturated heterocycles. The van der Waals surface area contributed by atoms with Crippen molar-refractivity contribution in [3.63, 3.8) is 0 Å². The van der Waals surface area contributed by atoms with Gasteiger partial charge in [0.15, 0.2) is 0 Å². The molecule has 8 nitrogen and oxygen atoms in total. The Balaban J connectivity index is 1.71. The molecular weight excluding hydrogens is 462 g/mol. The second-order valence-electron chi connectivity index (χ2n) is 7.99. The van der Waals surface area contributed by atoms with Gasteiger partial charge in [-0.2, -0.15) is 0 Å². The molecule has 0 saturated carbocycles. The number of hydrogen-bond acceptors (Lipinski definition) is 7. The van der Waals surface area contributed by atoms with Crippen LogP contribution >= 0.6 is 0 Å². The lowest BCUT2D eigenvalue weighted by molar-refractivity contribution is -0.140. The highest BCUT2D eigenvalue weighted by Crippen LogP contribution is 2.41. The highest BCUT2D eigenvalue weighted by atomic mass is 16.5. The van der Waals surface area contributed by atoms with Crippen molar-refractivity contribution in [2.75, 3.05) is 34.5 Å². The van der Waals surface area contributed by atoms with Crippen molar-refractivity contribution < 1.29 is 33.6 Å². The number of rotatable bonds is 9. The van der Waals surface area contributed by atoms with Crippen LogP contribution in [-0.2, 0) is 9.59 Å². The fourth-order valence-corrected chi connectivity index (χ4v) is 4.19. The molecule has 0 aliphatic carbocycles. The third-order valence-electron chi connectivity index (χ3n) is 5.97. The number of Topliss-reactive ketones (excluding diaryl/α,β-unsaturated/α-hetero) is 1. The maximum Gasteiger partial charge on any atom is 0.295 e. The first-order valence-electron chi connectivity index (χ1n) is 11.3. The number of carbonyl (C=O) groups is 2. The largest absolute Gasteiger partial charge is 0.507 e. The van der Waals surface area contributed by atoms with Crippen LogP contribution in [0.2, 0.25) is 0 Å². The number of nitrogens with zero attached hydrogens (tertiary/aromatic N) is 1. The van der Waals surface area contributed by atoms with Gasteiger partial charge in [-0.25, -0.2) is 0 Å². The standard InChI is InChI=1S/C28H27NO7/c1-33-19-11-13-20(14-12-19)36-16-15-29-25(18-7-6-8-21(17-18)34-2)24(27(31)28(29)32)26(30)22-9-4-5-10-23(22)35-3/h4-14,17,25,30H,15-16H2,1-3H3/b26-24-. The summed E-state index contributed by atoms with van der Waals surface area (Å²) in [5, 5.41) is 11.3. The Kier molecular flexibility index (Phi) is 7.44.